The van der Waals surface area contributed by atoms with Crippen LogP contribution in [0.15, 0.2) is 0 Å². The molecule has 1 amide bonds. The lowest BCUT2D eigenvalue weighted by Gasteiger charge is -2.33. The van der Waals surface area contributed by atoms with Gasteiger partial charge in [0.05, 0.1) is 0 Å². The van der Waals surface area contributed by atoms with E-state index in [1.165, 1.54) is 51.4 Å². The number of nitrogens with one attached hydrogen (secondary N) is 2. The lowest BCUT2D eigenvalue weighted by molar-refractivity contribution is -0.123. The van der Waals surface area contributed by atoms with Crippen molar-refractivity contribution in [2.24, 2.45) is 17.8 Å². The van der Waals surface area contributed by atoms with Crippen molar-refractivity contribution in [3.8, 4) is 0 Å². The number of rotatable bonds is 4. The lowest BCUT2D eigenvalue weighted by Crippen LogP contribution is -2.42. The van der Waals surface area contributed by atoms with E-state index in [0.717, 1.165) is 18.3 Å². The van der Waals surface area contributed by atoms with E-state index in [-0.39, 0.29) is 0 Å². The maximum atomic E-state index is 12.4. The molecule has 4 unspecified atom stereocenters. The average molecular weight is 292 g/mol. The molecule has 0 aromatic carbocycles. The van der Waals surface area contributed by atoms with Gasteiger partial charge in [-0.2, -0.15) is 0 Å². The minimum absolute atomic E-state index is 0.315. The molecule has 0 aromatic heterocycles. The van der Waals surface area contributed by atoms with Crippen LogP contribution in [-0.2, 0) is 4.79 Å². The Balaban J connectivity index is 1.43. The van der Waals surface area contributed by atoms with Crippen LogP contribution in [0, 0.1) is 17.8 Å². The summed E-state index contributed by atoms with van der Waals surface area (Å²) in [4.78, 5) is 12.4. The van der Waals surface area contributed by atoms with Crippen molar-refractivity contribution in [3.63, 3.8) is 0 Å². The van der Waals surface area contributed by atoms with Crippen LogP contribution in [0.3, 0.4) is 0 Å². The van der Waals surface area contributed by atoms with Gasteiger partial charge >= 0.3 is 0 Å². The maximum absolute atomic E-state index is 12.4. The fourth-order valence-corrected chi connectivity index (χ4v) is 4.85. The Labute approximate surface area is 129 Å². The van der Waals surface area contributed by atoms with Gasteiger partial charge in [0.15, 0.2) is 0 Å². The van der Waals surface area contributed by atoms with Gasteiger partial charge in [-0.1, -0.05) is 26.7 Å². The molecule has 0 spiro atoms. The van der Waals surface area contributed by atoms with Crippen LogP contribution in [0.5, 0.6) is 0 Å². The molecule has 3 aliphatic rings. The third-order valence-electron chi connectivity index (χ3n) is 6.07. The third kappa shape index (κ3) is 4.00. The standard InChI is InChI=1S/C18H32N2O/c1-12(2)14-4-3-5-15(11-14)20-18(21)10-13-8-16-6-7-17(9-13)19-16/h12-17,19H,3-11H2,1-2H3,(H,20,21). The van der Waals surface area contributed by atoms with E-state index in [1.54, 1.807) is 0 Å². The zero-order valence-corrected chi connectivity index (χ0v) is 13.7. The highest BCUT2D eigenvalue weighted by Crippen LogP contribution is 2.33. The lowest BCUT2D eigenvalue weighted by atomic mass is 9.79. The Kier molecular flexibility index (Phi) is 4.88. The van der Waals surface area contributed by atoms with Crippen LogP contribution in [-0.4, -0.2) is 24.0 Å². The molecule has 2 heterocycles. The minimum atomic E-state index is 0.315. The van der Waals surface area contributed by atoms with Gasteiger partial charge in [-0.3, -0.25) is 4.79 Å². The van der Waals surface area contributed by atoms with Gasteiger partial charge in [0.25, 0.3) is 0 Å². The Hall–Kier alpha value is -0.570. The zero-order chi connectivity index (χ0) is 14.8. The number of amides is 1. The molecule has 0 radical (unpaired) electrons. The predicted octanol–water partition coefficient (Wildman–Crippen LogP) is 3.24. The topological polar surface area (TPSA) is 41.1 Å². The summed E-state index contributed by atoms with van der Waals surface area (Å²) in [5.74, 6) is 2.49. The highest BCUT2D eigenvalue weighted by Gasteiger charge is 2.34. The van der Waals surface area contributed by atoms with Crippen molar-refractivity contribution in [2.45, 2.75) is 89.8 Å². The number of piperidine rings is 1. The average Bonchev–Trinajstić information content (AvgIpc) is 2.78. The van der Waals surface area contributed by atoms with Crippen LogP contribution in [0.2, 0.25) is 0 Å². The van der Waals surface area contributed by atoms with Gasteiger partial charge < -0.3 is 10.6 Å². The highest BCUT2D eigenvalue weighted by atomic mass is 16.1. The minimum Gasteiger partial charge on any atom is -0.353 e. The summed E-state index contributed by atoms with van der Waals surface area (Å²) in [6, 6.07) is 1.83. The summed E-state index contributed by atoms with van der Waals surface area (Å²) in [6.07, 6.45) is 10.8. The van der Waals surface area contributed by atoms with Crippen LogP contribution < -0.4 is 10.6 Å². The van der Waals surface area contributed by atoms with Gasteiger partial charge in [-0.05, 0) is 56.3 Å². The molecule has 2 aliphatic heterocycles. The molecule has 3 heteroatoms. The van der Waals surface area contributed by atoms with Crippen molar-refractivity contribution in [1.29, 1.82) is 0 Å². The van der Waals surface area contributed by atoms with E-state index in [9.17, 15) is 4.79 Å². The Bertz CT molecular complexity index is 356. The highest BCUT2D eigenvalue weighted by molar-refractivity contribution is 5.76. The second kappa shape index (κ2) is 6.68. The fraction of sp³-hybridized carbons (Fsp3) is 0.944. The van der Waals surface area contributed by atoms with Crippen LogP contribution in [0.1, 0.15) is 71.6 Å². The second-order valence-corrected chi connectivity index (χ2v) is 8.11. The van der Waals surface area contributed by atoms with E-state index >= 15 is 0 Å². The molecule has 2 N–H and O–H groups in total. The number of carbonyl (C=O) groups is 1. The van der Waals surface area contributed by atoms with Crippen molar-refractivity contribution >= 4 is 5.91 Å². The molecular weight excluding hydrogens is 260 g/mol. The first-order valence-electron chi connectivity index (χ1n) is 9.15. The molecule has 3 fully saturated rings. The summed E-state index contributed by atoms with van der Waals surface area (Å²) in [6.45, 7) is 4.64. The van der Waals surface area contributed by atoms with Crippen LogP contribution in [0.4, 0.5) is 0 Å². The van der Waals surface area contributed by atoms with Crippen molar-refractivity contribution < 1.29 is 4.79 Å². The molecule has 3 rings (SSSR count). The quantitative estimate of drug-likeness (QED) is 0.835. The number of hydrogen-bond donors (Lipinski definition) is 2. The third-order valence-corrected chi connectivity index (χ3v) is 6.07. The van der Waals surface area contributed by atoms with Crippen molar-refractivity contribution in [3.05, 3.63) is 0 Å². The Morgan fingerprint density at radius 1 is 1.10 bits per heavy atom. The monoisotopic (exact) mass is 292 g/mol. The van der Waals surface area contributed by atoms with E-state index in [4.69, 9.17) is 0 Å². The van der Waals surface area contributed by atoms with Gasteiger partial charge in [-0.25, -0.2) is 0 Å². The Morgan fingerprint density at radius 3 is 2.48 bits per heavy atom. The Morgan fingerprint density at radius 2 is 1.81 bits per heavy atom. The molecule has 120 valence electrons. The predicted molar refractivity (Wildman–Crippen MR) is 86.0 cm³/mol. The van der Waals surface area contributed by atoms with E-state index in [1.807, 2.05) is 0 Å². The summed E-state index contributed by atoms with van der Waals surface area (Å²) in [7, 11) is 0. The van der Waals surface area contributed by atoms with E-state index in [0.29, 0.717) is 30.0 Å². The van der Waals surface area contributed by atoms with Crippen LogP contribution in [0.25, 0.3) is 0 Å². The number of carbonyl (C=O) groups excluding carboxylic acids is 1. The molecule has 1 aliphatic carbocycles. The van der Waals surface area contributed by atoms with Crippen molar-refractivity contribution in [1.82, 2.24) is 10.6 Å². The summed E-state index contributed by atoms with van der Waals surface area (Å²) >= 11 is 0. The summed E-state index contributed by atoms with van der Waals surface area (Å²) in [5, 5.41) is 7.00. The largest absolute Gasteiger partial charge is 0.353 e. The normalized spacial score (nSPS) is 39.5. The maximum Gasteiger partial charge on any atom is 0.220 e. The first-order chi connectivity index (χ1) is 10.1. The number of hydrogen-bond acceptors (Lipinski definition) is 2. The molecule has 21 heavy (non-hydrogen) atoms. The molecular formula is C18H32N2O. The molecule has 2 saturated heterocycles. The molecule has 4 atom stereocenters. The molecule has 3 nitrogen and oxygen atoms in total. The molecule has 2 bridgehead atoms. The van der Waals surface area contributed by atoms with E-state index < -0.39 is 0 Å². The SMILES string of the molecule is CC(C)C1CCCC(NC(=O)CC2CC3CCC(C2)N3)C1. The van der Waals surface area contributed by atoms with Gasteiger partial charge in [0, 0.05) is 24.5 Å². The second-order valence-electron chi connectivity index (χ2n) is 8.11. The smallest absolute Gasteiger partial charge is 0.220 e. The first-order valence-corrected chi connectivity index (χ1v) is 9.15. The summed E-state index contributed by atoms with van der Waals surface area (Å²) in [5.41, 5.74) is 0. The number of fused-ring (bicyclic) bond motifs is 2. The molecule has 1 saturated carbocycles. The van der Waals surface area contributed by atoms with Crippen LogP contribution >= 0.6 is 0 Å². The zero-order valence-electron chi connectivity index (χ0n) is 13.7. The van der Waals surface area contributed by atoms with Crippen molar-refractivity contribution in [2.75, 3.05) is 0 Å². The summed E-state index contributed by atoms with van der Waals surface area (Å²) < 4.78 is 0. The molecule has 0 aromatic rings. The van der Waals surface area contributed by atoms with Gasteiger partial charge in [-0.15, -0.1) is 0 Å². The van der Waals surface area contributed by atoms with Gasteiger partial charge in [0.1, 0.15) is 0 Å². The van der Waals surface area contributed by atoms with Gasteiger partial charge in [0.2, 0.25) is 5.91 Å². The van der Waals surface area contributed by atoms with E-state index in [2.05, 4.69) is 24.5 Å². The first kappa shape index (κ1) is 15.3. The fourth-order valence-electron chi connectivity index (χ4n) is 4.85.